The molecular formula is C9H14Cl3NO3. The van der Waals surface area contributed by atoms with Gasteiger partial charge in [0.05, 0.1) is 13.2 Å². The molecule has 0 saturated carbocycles. The van der Waals surface area contributed by atoms with E-state index >= 15 is 0 Å². The van der Waals surface area contributed by atoms with Crippen LogP contribution in [-0.2, 0) is 9.47 Å². The van der Waals surface area contributed by atoms with Crippen LogP contribution in [0.4, 0.5) is 4.79 Å². The minimum atomic E-state index is -1.67. The second kappa shape index (κ2) is 4.77. The third-order valence-electron chi connectivity index (χ3n) is 1.80. The molecule has 0 aromatic carbocycles. The van der Waals surface area contributed by atoms with Crippen LogP contribution in [0, 0.1) is 0 Å². The molecule has 1 aliphatic rings. The lowest BCUT2D eigenvalue weighted by molar-refractivity contribution is -0.00724. The van der Waals surface area contributed by atoms with Crippen molar-refractivity contribution < 1.29 is 14.3 Å². The van der Waals surface area contributed by atoms with E-state index in [4.69, 9.17) is 44.3 Å². The Labute approximate surface area is 110 Å². The minimum Gasteiger partial charge on any atom is -0.444 e. The molecule has 1 unspecified atom stereocenters. The van der Waals surface area contributed by atoms with Gasteiger partial charge >= 0.3 is 6.09 Å². The zero-order valence-corrected chi connectivity index (χ0v) is 11.6. The van der Waals surface area contributed by atoms with E-state index in [1.807, 2.05) is 0 Å². The summed E-state index contributed by atoms with van der Waals surface area (Å²) in [5, 5.41) is 0. The normalized spacial score (nSPS) is 22.4. The lowest BCUT2D eigenvalue weighted by Gasteiger charge is -2.30. The Kier molecular flexibility index (Phi) is 4.22. The molecule has 94 valence electrons. The van der Waals surface area contributed by atoms with Gasteiger partial charge in [-0.2, -0.15) is 0 Å². The minimum absolute atomic E-state index is 0.331. The maximum atomic E-state index is 11.8. The lowest BCUT2D eigenvalue weighted by atomic mass is 10.2. The van der Waals surface area contributed by atoms with Gasteiger partial charge in [0.2, 0.25) is 3.79 Å². The first-order valence-corrected chi connectivity index (χ1v) is 5.92. The number of hydrogen-bond donors (Lipinski definition) is 0. The van der Waals surface area contributed by atoms with Gasteiger partial charge in [-0.1, -0.05) is 34.8 Å². The van der Waals surface area contributed by atoms with Gasteiger partial charge in [0.15, 0.2) is 6.23 Å². The first-order valence-electron chi connectivity index (χ1n) is 4.79. The molecule has 0 spiro atoms. The molecule has 0 bridgehead atoms. The Bertz CT molecular complexity index is 272. The fourth-order valence-corrected chi connectivity index (χ4v) is 1.79. The number of carbonyl (C=O) groups is 1. The molecule has 7 heteroatoms. The summed E-state index contributed by atoms with van der Waals surface area (Å²) in [6.45, 7) is 6.00. The highest BCUT2D eigenvalue weighted by Gasteiger charge is 2.45. The average Bonchev–Trinajstić information content (AvgIpc) is 2.45. The molecule has 1 amide bonds. The fraction of sp³-hybridized carbons (Fsp3) is 0.889. The maximum absolute atomic E-state index is 11.8. The molecule has 1 fully saturated rings. The standard InChI is InChI=1S/C9H14Cl3NO3/c1-8(2,3)16-7(14)13-4-5-15-6(13)9(10,11)12/h6H,4-5H2,1-3H3. The Hall–Kier alpha value is 0.1000. The number of nitrogens with zero attached hydrogens (tertiary/aromatic N) is 1. The molecule has 0 radical (unpaired) electrons. The highest BCUT2D eigenvalue weighted by molar-refractivity contribution is 6.68. The van der Waals surface area contributed by atoms with Crippen LogP contribution in [0.15, 0.2) is 0 Å². The molecular weight excluding hydrogens is 276 g/mol. The van der Waals surface area contributed by atoms with Gasteiger partial charge in [0, 0.05) is 0 Å². The van der Waals surface area contributed by atoms with E-state index in [1.54, 1.807) is 20.8 Å². The molecule has 4 nitrogen and oxygen atoms in total. The van der Waals surface area contributed by atoms with E-state index in [-0.39, 0.29) is 0 Å². The third kappa shape index (κ3) is 3.84. The predicted molar refractivity (Wildman–Crippen MR) is 63.0 cm³/mol. The summed E-state index contributed by atoms with van der Waals surface area (Å²) in [5.74, 6) is 0. The number of halogens is 3. The van der Waals surface area contributed by atoms with Crippen LogP contribution < -0.4 is 0 Å². The number of amides is 1. The first kappa shape index (κ1) is 14.2. The molecule has 0 aromatic rings. The van der Waals surface area contributed by atoms with Crippen LogP contribution in [0.25, 0.3) is 0 Å². The van der Waals surface area contributed by atoms with Gasteiger partial charge in [-0.3, -0.25) is 4.90 Å². The van der Waals surface area contributed by atoms with Crippen molar-refractivity contribution >= 4 is 40.9 Å². The van der Waals surface area contributed by atoms with E-state index in [1.165, 1.54) is 4.90 Å². The molecule has 0 aromatic heterocycles. The van der Waals surface area contributed by atoms with Gasteiger partial charge in [-0.25, -0.2) is 4.79 Å². The summed E-state index contributed by atoms with van der Waals surface area (Å²) in [6, 6.07) is 0. The SMILES string of the molecule is CC(C)(C)OC(=O)N1CCOC1C(Cl)(Cl)Cl. The largest absolute Gasteiger partial charge is 0.444 e. The van der Waals surface area contributed by atoms with Crippen molar-refractivity contribution in [2.24, 2.45) is 0 Å². The molecule has 0 aliphatic carbocycles. The topological polar surface area (TPSA) is 38.8 Å². The zero-order chi connectivity index (χ0) is 12.6. The van der Waals surface area contributed by atoms with Gasteiger partial charge in [0.1, 0.15) is 5.60 Å². The maximum Gasteiger partial charge on any atom is 0.412 e. The molecule has 1 saturated heterocycles. The van der Waals surface area contributed by atoms with Crippen molar-refractivity contribution in [1.82, 2.24) is 4.90 Å². The van der Waals surface area contributed by atoms with Gasteiger partial charge < -0.3 is 9.47 Å². The van der Waals surface area contributed by atoms with Crippen molar-refractivity contribution in [3.63, 3.8) is 0 Å². The zero-order valence-electron chi connectivity index (χ0n) is 9.30. The Morgan fingerprint density at radius 2 is 1.94 bits per heavy atom. The van der Waals surface area contributed by atoms with Crippen molar-refractivity contribution in [2.75, 3.05) is 13.2 Å². The highest BCUT2D eigenvalue weighted by Crippen LogP contribution is 2.36. The second-order valence-corrected chi connectivity index (χ2v) is 6.81. The number of rotatable bonds is 0. The summed E-state index contributed by atoms with van der Waals surface area (Å²) in [7, 11) is 0. The highest BCUT2D eigenvalue weighted by atomic mass is 35.6. The number of ether oxygens (including phenoxy) is 2. The van der Waals surface area contributed by atoms with Crippen molar-refractivity contribution in [2.45, 2.75) is 36.4 Å². The Morgan fingerprint density at radius 1 is 1.38 bits per heavy atom. The van der Waals surface area contributed by atoms with Crippen LogP contribution in [-0.4, -0.2) is 39.8 Å². The summed E-state index contributed by atoms with van der Waals surface area (Å²) < 4.78 is 8.70. The fourth-order valence-electron chi connectivity index (χ4n) is 1.25. The summed E-state index contributed by atoms with van der Waals surface area (Å²) in [6.07, 6.45) is -1.44. The molecule has 0 N–H and O–H groups in total. The molecule has 1 heterocycles. The van der Waals surface area contributed by atoms with Crippen molar-refractivity contribution in [3.05, 3.63) is 0 Å². The van der Waals surface area contributed by atoms with Gasteiger partial charge in [-0.15, -0.1) is 0 Å². The summed E-state index contributed by atoms with van der Waals surface area (Å²) in [4.78, 5) is 13.0. The smallest absolute Gasteiger partial charge is 0.412 e. The summed E-state index contributed by atoms with van der Waals surface area (Å²) in [5.41, 5.74) is -0.585. The van der Waals surface area contributed by atoms with E-state index in [0.717, 1.165) is 0 Å². The number of hydrogen-bond acceptors (Lipinski definition) is 3. The van der Waals surface area contributed by atoms with Crippen LogP contribution in [0.2, 0.25) is 0 Å². The van der Waals surface area contributed by atoms with Crippen molar-refractivity contribution in [1.29, 1.82) is 0 Å². The Morgan fingerprint density at radius 3 is 2.38 bits per heavy atom. The number of carbonyl (C=O) groups excluding carboxylic acids is 1. The quantitative estimate of drug-likeness (QED) is 0.644. The van der Waals surface area contributed by atoms with E-state index in [2.05, 4.69) is 0 Å². The van der Waals surface area contributed by atoms with Crippen LogP contribution in [0.1, 0.15) is 20.8 Å². The van der Waals surface area contributed by atoms with E-state index < -0.39 is 21.7 Å². The number of alkyl halides is 3. The molecule has 1 atom stereocenters. The molecule has 16 heavy (non-hydrogen) atoms. The predicted octanol–water partition coefficient (Wildman–Crippen LogP) is 2.95. The summed E-state index contributed by atoms with van der Waals surface area (Å²) >= 11 is 17.1. The van der Waals surface area contributed by atoms with Crippen LogP contribution >= 0.6 is 34.8 Å². The molecule has 1 aliphatic heterocycles. The monoisotopic (exact) mass is 289 g/mol. The van der Waals surface area contributed by atoms with E-state index in [0.29, 0.717) is 13.2 Å². The van der Waals surface area contributed by atoms with Crippen LogP contribution in [0.5, 0.6) is 0 Å². The second-order valence-electron chi connectivity index (χ2n) is 4.44. The Balaban J connectivity index is 2.69. The average molecular weight is 291 g/mol. The van der Waals surface area contributed by atoms with Gasteiger partial charge in [-0.05, 0) is 20.8 Å². The third-order valence-corrected chi connectivity index (χ3v) is 2.36. The van der Waals surface area contributed by atoms with Crippen LogP contribution in [0.3, 0.4) is 0 Å². The van der Waals surface area contributed by atoms with Gasteiger partial charge in [0.25, 0.3) is 0 Å². The van der Waals surface area contributed by atoms with Crippen molar-refractivity contribution in [3.8, 4) is 0 Å². The first-order chi connectivity index (χ1) is 7.11. The lowest BCUT2D eigenvalue weighted by Crippen LogP contribution is -2.46. The molecule has 1 rings (SSSR count). The van der Waals surface area contributed by atoms with E-state index in [9.17, 15) is 4.79 Å².